The first kappa shape index (κ1) is 13.7. The van der Waals surface area contributed by atoms with E-state index in [-0.39, 0.29) is 5.41 Å². The van der Waals surface area contributed by atoms with E-state index in [2.05, 4.69) is 37.5 Å². The van der Waals surface area contributed by atoms with Crippen LogP contribution in [0.25, 0.3) is 0 Å². The highest BCUT2D eigenvalue weighted by atomic mass is 16.6. The van der Waals surface area contributed by atoms with E-state index in [0.717, 1.165) is 24.0 Å². The molecule has 0 spiro atoms. The van der Waals surface area contributed by atoms with Gasteiger partial charge in [0.05, 0.1) is 0 Å². The number of likely N-dealkylation sites (N-methyl/N-ethyl adjacent to an activating group) is 1. The van der Waals surface area contributed by atoms with Gasteiger partial charge in [-0.2, -0.15) is 0 Å². The minimum atomic E-state index is 0.261. The Labute approximate surface area is 121 Å². The molecule has 0 radical (unpaired) electrons. The van der Waals surface area contributed by atoms with Gasteiger partial charge < -0.3 is 14.8 Å². The Morgan fingerprint density at radius 1 is 1.15 bits per heavy atom. The van der Waals surface area contributed by atoms with Crippen LogP contribution < -0.4 is 14.8 Å². The predicted octanol–water partition coefficient (Wildman–Crippen LogP) is 3.13. The maximum atomic E-state index is 5.75. The van der Waals surface area contributed by atoms with E-state index in [1.165, 1.54) is 31.2 Å². The molecule has 1 N–H and O–H groups in total. The van der Waals surface area contributed by atoms with Crippen molar-refractivity contribution in [3.05, 3.63) is 23.8 Å². The van der Waals surface area contributed by atoms with Crippen molar-refractivity contribution in [2.75, 3.05) is 26.8 Å². The molecule has 0 atom stereocenters. The standard InChI is InChI=1S/C17H25NO2/c1-13-5-7-17(8-6-13,12-18-2)14-3-4-15-16(11-14)20-10-9-19-15/h3-4,11,13,18H,5-10,12H2,1-2H3. The highest BCUT2D eigenvalue weighted by molar-refractivity contribution is 5.46. The SMILES string of the molecule is CNCC1(c2ccc3c(c2)OCCO3)CCC(C)CC1. The summed E-state index contributed by atoms with van der Waals surface area (Å²) in [5, 5.41) is 3.40. The third-order valence-electron chi connectivity index (χ3n) is 4.90. The number of hydrogen-bond acceptors (Lipinski definition) is 3. The summed E-state index contributed by atoms with van der Waals surface area (Å²) >= 11 is 0. The van der Waals surface area contributed by atoms with Crippen LogP contribution in [0.3, 0.4) is 0 Å². The predicted molar refractivity (Wildman–Crippen MR) is 80.7 cm³/mol. The van der Waals surface area contributed by atoms with Gasteiger partial charge in [-0.15, -0.1) is 0 Å². The van der Waals surface area contributed by atoms with Crippen molar-refractivity contribution in [3.8, 4) is 11.5 Å². The molecule has 1 aromatic carbocycles. The highest BCUT2D eigenvalue weighted by Crippen LogP contribution is 2.43. The Balaban J connectivity index is 1.91. The molecule has 2 aliphatic rings. The van der Waals surface area contributed by atoms with Crippen LogP contribution in [0.1, 0.15) is 38.2 Å². The topological polar surface area (TPSA) is 30.5 Å². The highest BCUT2D eigenvalue weighted by Gasteiger charge is 2.36. The van der Waals surface area contributed by atoms with E-state index in [9.17, 15) is 0 Å². The van der Waals surface area contributed by atoms with Crippen molar-refractivity contribution in [3.63, 3.8) is 0 Å². The van der Waals surface area contributed by atoms with Gasteiger partial charge in [0, 0.05) is 12.0 Å². The van der Waals surface area contributed by atoms with E-state index in [4.69, 9.17) is 9.47 Å². The van der Waals surface area contributed by atoms with E-state index >= 15 is 0 Å². The smallest absolute Gasteiger partial charge is 0.161 e. The van der Waals surface area contributed by atoms with E-state index in [1.54, 1.807) is 0 Å². The van der Waals surface area contributed by atoms with Crippen LogP contribution >= 0.6 is 0 Å². The van der Waals surface area contributed by atoms with Crippen LogP contribution in [0.4, 0.5) is 0 Å². The Kier molecular flexibility index (Phi) is 3.88. The Bertz CT molecular complexity index is 464. The normalized spacial score (nSPS) is 29.2. The van der Waals surface area contributed by atoms with Crippen molar-refractivity contribution < 1.29 is 9.47 Å². The number of ether oxygens (including phenoxy) is 2. The van der Waals surface area contributed by atoms with Crippen molar-refractivity contribution >= 4 is 0 Å². The summed E-state index contributed by atoms with van der Waals surface area (Å²) in [7, 11) is 2.05. The van der Waals surface area contributed by atoms with E-state index in [0.29, 0.717) is 13.2 Å². The summed E-state index contributed by atoms with van der Waals surface area (Å²) in [6.07, 6.45) is 5.15. The zero-order valence-corrected chi connectivity index (χ0v) is 12.6. The van der Waals surface area contributed by atoms with Crippen molar-refractivity contribution in [1.29, 1.82) is 0 Å². The minimum Gasteiger partial charge on any atom is -0.486 e. The summed E-state index contributed by atoms with van der Waals surface area (Å²) < 4.78 is 11.4. The molecule has 1 aromatic rings. The summed E-state index contributed by atoms with van der Waals surface area (Å²) in [4.78, 5) is 0. The van der Waals surface area contributed by atoms with E-state index < -0.39 is 0 Å². The quantitative estimate of drug-likeness (QED) is 0.919. The first-order chi connectivity index (χ1) is 9.73. The molecule has 1 heterocycles. The molecule has 0 saturated heterocycles. The number of fused-ring (bicyclic) bond motifs is 1. The fourth-order valence-electron chi connectivity index (χ4n) is 3.59. The van der Waals surface area contributed by atoms with Crippen LogP contribution in [0, 0.1) is 5.92 Å². The van der Waals surface area contributed by atoms with Gasteiger partial charge in [-0.25, -0.2) is 0 Å². The fraction of sp³-hybridized carbons (Fsp3) is 0.647. The third-order valence-corrected chi connectivity index (χ3v) is 4.90. The molecule has 110 valence electrons. The van der Waals surface area contributed by atoms with Crippen molar-refractivity contribution in [2.45, 2.75) is 38.0 Å². The van der Waals surface area contributed by atoms with Gasteiger partial charge in [-0.3, -0.25) is 0 Å². The maximum Gasteiger partial charge on any atom is 0.161 e. The summed E-state index contributed by atoms with van der Waals surface area (Å²) in [6.45, 7) is 4.73. The Hall–Kier alpha value is -1.22. The molecule has 0 amide bonds. The van der Waals surface area contributed by atoms with E-state index in [1.807, 2.05) is 0 Å². The zero-order chi connectivity index (χ0) is 14.0. The molecule has 0 aromatic heterocycles. The second-order valence-electron chi connectivity index (χ2n) is 6.35. The second-order valence-corrected chi connectivity index (χ2v) is 6.35. The monoisotopic (exact) mass is 275 g/mol. The molecule has 1 fully saturated rings. The Morgan fingerprint density at radius 3 is 2.55 bits per heavy atom. The molecule has 1 aliphatic heterocycles. The van der Waals surface area contributed by atoms with Crippen LogP contribution in [0.2, 0.25) is 0 Å². The van der Waals surface area contributed by atoms with Gasteiger partial charge in [0.25, 0.3) is 0 Å². The number of benzene rings is 1. The van der Waals surface area contributed by atoms with Gasteiger partial charge in [-0.05, 0) is 56.3 Å². The Morgan fingerprint density at radius 2 is 1.85 bits per heavy atom. The first-order valence-electron chi connectivity index (χ1n) is 7.78. The van der Waals surface area contributed by atoms with Gasteiger partial charge in [-0.1, -0.05) is 13.0 Å². The van der Waals surface area contributed by atoms with Crippen LogP contribution in [0.15, 0.2) is 18.2 Å². The molecule has 3 nitrogen and oxygen atoms in total. The lowest BCUT2D eigenvalue weighted by Crippen LogP contribution is -2.40. The van der Waals surface area contributed by atoms with Gasteiger partial charge in [0.1, 0.15) is 13.2 Å². The third kappa shape index (κ3) is 2.51. The molecular weight excluding hydrogens is 250 g/mol. The number of hydrogen-bond donors (Lipinski definition) is 1. The molecular formula is C17H25NO2. The summed E-state index contributed by atoms with van der Waals surface area (Å²) in [5.74, 6) is 2.67. The largest absolute Gasteiger partial charge is 0.486 e. The van der Waals surface area contributed by atoms with Gasteiger partial charge in [0.15, 0.2) is 11.5 Å². The average molecular weight is 275 g/mol. The minimum absolute atomic E-state index is 0.261. The summed E-state index contributed by atoms with van der Waals surface area (Å²) in [5.41, 5.74) is 1.67. The molecule has 3 heteroatoms. The molecule has 1 saturated carbocycles. The number of rotatable bonds is 3. The second kappa shape index (κ2) is 5.65. The zero-order valence-electron chi connectivity index (χ0n) is 12.6. The molecule has 3 rings (SSSR count). The van der Waals surface area contributed by atoms with Crippen molar-refractivity contribution in [2.24, 2.45) is 5.92 Å². The average Bonchev–Trinajstić information content (AvgIpc) is 2.49. The number of nitrogens with one attached hydrogen (secondary N) is 1. The van der Waals surface area contributed by atoms with Gasteiger partial charge in [0.2, 0.25) is 0 Å². The van der Waals surface area contributed by atoms with Crippen LogP contribution in [-0.2, 0) is 5.41 Å². The lowest BCUT2D eigenvalue weighted by Gasteiger charge is -2.40. The van der Waals surface area contributed by atoms with Crippen LogP contribution in [0.5, 0.6) is 11.5 Å². The maximum absolute atomic E-state index is 5.75. The molecule has 20 heavy (non-hydrogen) atoms. The fourth-order valence-corrected chi connectivity index (χ4v) is 3.59. The van der Waals surface area contributed by atoms with Gasteiger partial charge >= 0.3 is 0 Å². The van der Waals surface area contributed by atoms with Crippen LogP contribution in [-0.4, -0.2) is 26.8 Å². The molecule has 0 bridgehead atoms. The lowest BCUT2D eigenvalue weighted by atomic mass is 9.67. The molecule has 1 aliphatic carbocycles. The molecule has 0 unspecified atom stereocenters. The van der Waals surface area contributed by atoms with Crippen molar-refractivity contribution in [1.82, 2.24) is 5.32 Å². The summed E-state index contributed by atoms with van der Waals surface area (Å²) in [6, 6.07) is 6.53. The first-order valence-corrected chi connectivity index (χ1v) is 7.78. The lowest BCUT2D eigenvalue weighted by molar-refractivity contribution is 0.170.